The normalized spacial score (nSPS) is 16.7. The second-order valence-electron chi connectivity index (χ2n) is 17.8. The first-order valence-electron chi connectivity index (χ1n) is 21.6. The summed E-state index contributed by atoms with van der Waals surface area (Å²) in [5.74, 6) is -1.27. The van der Waals surface area contributed by atoms with Gasteiger partial charge in [-0.15, -0.1) is 0 Å². The third-order valence-electron chi connectivity index (χ3n) is 12.4. The number of nitrogens with two attached hydrogens (primary N) is 4. The highest BCUT2D eigenvalue weighted by atomic mass is 35.5. The maximum absolute atomic E-state index is 12.7. The van der Waals surface area contributed by atoms with Crippen molar-refractivity contribution in [3.63, 3.8) is 0 Å². The number of pyridine rings is 3. The summed E-state index contributed by atoms with van der Waals surface area (Å²) in [6.45, 7) is 3.82. The molecule has 0 atom stereocenters. The smallest absolute Gasteiger partial charge is 0.324 e. The van der Waals surface area contributed by atoms with Gasteiger partial charge < -0.3 is 28.0 Å². The molecule has 0 saturated heterocycles. The maximum Gasteiger partial charge on any atom is 0.324 e. The molecule has 0 spiro atoms. The van der Waals surface area contributed by atoms with Gasteiger partial charge in [0.1, 0.15) is 10.7 Å². The predicted molar refractivity (Wildman–Crippen MR) is 276 cm³/mol. The van der Waals surface area contributed by atoms with E-state index >= 15 is 0 Å². The topological polar surface area (TPSA) is 343 Å². The first kappa shape index (κ1) is 53.6. The maximum atomic E-state index is 12.7. The summed E-state index contributed by atoms with van der Waals surface area (Å²) < 4.78 is 83.5. The minimum Gasteiger partial charge on any atom is -0.480 e. The largest absolute Gasteiger partial charge is 0.480 e. The molecule has 12 N–H and O–H groups in total. The number of nitrogens with zero attached hydrogens (tertiary/aromatic N) is 5. The minimum absolute atomic E-state index is 0.109. The van der Waals surface area contributed by atoms with Gasteiger partial charge in [-0.25, -0.2) is 49.6 Å². The molecule has 0 bridgehead atoms. The number of benzene rings is 3. The number of nitrogens with one attached hydrogen (secondary N) is 3. The number of aliphatic imine (C=N–C) groups is 2. The number of aliphatic carboxylic acids is 1. The SMILES string of the molecule is CC1(NS(=O)(=O)c2ccc3c(Cl)cnc(Cl)c3c2)CCC1.CC1(NS(=O)(=O)c2ccc3c(Cl)cnc(N=C(N)N)c3c2)CCC1.NC(N)=Nc1ncc(Cl)c2ccc(S(=O)(=O)NC3(C(=O)O)CCC3)cc12. The van der Waals surface area contributed by atoms with Crippen LogP contribution in [0.25, 0.3) is 32.3 Å². The van der Waals surface area contributed by atoms with E-state index in [2.05, 4.69) is 39.1 Å². The molecule has 0 amide bonds. The van der Waals surface area contributed by atoms with Gasteiger partial charge in [-0.05, 0) is 108 Å². The molecule has 3 aromatic carbocycles. The number of carboxylic acid groups (broad SMARTS) is 1. The van der Waals surface area contributed by atoms with Gasteiger partial charge in [0.2, 0.25) is 30.1 Å². The summed E-state index contributed by atoms with van der Waals surface area (Å²) in [6, 6.07) is 13.5. The Labute approximate surface area is 429 Å². The second-order valence-corrected chi connectivity index (χ2v) is 24.5. The summed E-state index contributed by atoms with van der Waals surface area (Å²) in [5, 5.41) is 13.9. The fraction of sp³-hybridized carbons (Fsp3) is 0.318. The number of carboxylic acids is 1. The first-order chi connectivity index (χ1) is 33.2. The van der Waals surface area contributed by atoms with Gasteiger partial charge in [0, 0.05) is 62.0 Å². The highest BCUT2D eigenvalue weighted by Gasteiger charge is 2.47. The lowest BCUT2D eigenvalue weighted by Crippen LogP contribution is -2.58. The lowest BCUT2D eigenvalue weighted by molar-refractivity contribution is -0.147. The van der Waals surface area contributed by atoms with Crippen LogP contribution in [0.15, 0.2) is 97.9 Å². The molecule has 27 heteroatoms. The Morgan fingerprint density at radius 3 is 1.20 bits per heavy atom. The number of aromatic nitrogens is 3. The molecular weight excluding hydrogens is 1060 g/mol. The van der Waals surface area contributed by atoms with Gasteiger partial charge in [-0.2, -0.15) is 14.7 Å². The quantitative estimate of drug-likeness (QED) is 0.0353. The lowest BCUT2D eigenvalue weighted by Gasteiger charge is -2.38. The Kier molecular flexibility index (Phi) is 15.4. The van der Waals surface area contributed by atoms with Gasteiger partial charge in [0.25, 0.3) is 0 Å². The number of carbonyl (C=O) groups is 1. The molecule has 3 saturated carbocycles. The van der Waals surface area contributed by atoms with Crippen LogP contribution in [0.3, 0.4) is 0 Å². The number of hydrogen-bond acceptors (Lipinski definition) is 12. The highest BCUT2D eigenvalue weighted by molar-refractivity contribution is 7.90. The van der Waals surface area contributed by atoms with Gasteiger partial charge in [-0.3, -0.25) is 4.79 Å². The van der Waals surface area contributed by atoms with Gasteiger partial charge in [0.05, 0.1) is 29.8 Å². The molecule has 3 aliphatic rings. The van der Waals surface area contributed by atoms with Gasteiger partial charge >= 0.3 is 5.97 Å². The predicted octanol–water partition coefficient (Wildman–Crippen LogP) is 6.86. The number of halogens is 4. The zero-order valence-electron chi connectivity index (χ0n) is 37.9. The van der Waals surface area contributed by atoms with Crippen molar-refractivity contribution in [1.82, 2.24) is 29.1 Å². The van der Waals surface area contributed by atoms with E-state index in [0.717, 1.165) is 38.5 Å². The molecule has 3 aliphatic carbocycles. The molecule has 378 valence electrons. The monoisotopic (exact) mass is 1110 g/mol. The number of guanidine groups is 2. The van der Waals surface area contributed by atoms with Crippen LogP contribution in [-0.2, 0) is 34.9 Å². The van der Waals surface area contributed by atoms with Crippen LogP contribution in [-0.4, -0.2) is 79.8 Å². The summed E-state index contributed by atoms with van der Waals surface area (Å²) in [7, 11) is -11.3. The van der Waals surface area contributed by atoms with Crippen LogP contribution >= 0.6 is 46.4 Å². The van der Waals surface area contributed by atoms with E-state index < -0.39 is 41.6 Å². The van der Waals surface area contributed by atoms with Crippen molar-refractivity contribution in [2.75, 3.05) is 0 Å². The summed E-state index contributed by atoms with van der Waals surface area (Å²) in [4.78, 5) is 31.5. The Morgan fingerprint density at radius 2 is 0.873 bits per heavy atom. The van der Waals surface area contributed by atoms with Crippen LogP contribution in [0.5, 0.6) is 0 Å². The van der Waals surface area contributed by atoms with Crippen LogP contribution < -0.4 is 37.1 Å². The Morgan fingerprint density at radius 1 is 0.535 bits per heavy atom. The molecule has 20 nitrogen and oxygen atoms in total. The Bertz CT molecular complexity index is 3510. The third kappa shape index (κ3) is 11.9. The fourth-order valence-electron chi connectivity index (χ4n) is 8.02. The van der Waals surface area contributed by atoms with Gasteiger partial charge in [0.15, 0.2) is 23.6 Å². The molecule has 3 fully saturated rings. The van der Waals surface area contributed by atoms with Crippen molar-refractivity contribution in [2.24, 2.45) is 32.9 Å². The minimum atomic E-state index is -4.09. The van der Waals surface area contributed by atoms with Crippen molar-refractivity contribution in [3.8, 4) is 0 Å². The van der Waals surface area contributed by atoms with E-state index in [1.807, 2.05) is 13.8 Å². The Balaban J connectivity index is 0.000000157. The molecule has 3 heterocycles. The van der Waals surface area contributed by atoms with E-state index in [4.69, 9.17) is 69.3 Å². The summed E-state index contributed by atoms with van der Waals surface area (Å²) in [5.41, 5.74) is 19.4. The van der Waals surface area contributed by atoms with Crippen molar-refractivity contribution in [3.05, 3.63) is 93.4 Å². The Hall–Kier alpha value is -5.21. The molecule has 0 unspecified atom stereocenters. The van der Waals surface area contributed by atoms with Crippen molar-refractivity contribution in [2.45, 2.75) is 103 Å². The van der Waals surface area contributed by atoms with Crippen molar-refractivity contribution < 1.29 is 35.2 Å². The highest BCUT2D eigenvalue weighted by Crippen LogP contribution is 2.38. The molecule has 3 aromatic heterocycles. The number of hydrogen-bond donors (Lipinski definition) is 8. The van der Waals surface area contributed by atoms with E-state index in [1.165, 1.54) is 61.1 Å². The fourth-order valence-corrected chi connectivity index (χ4v) is 13.3. The van der Waals surface area contributed by atoms with Crippen LogP contribution in [0, 0.1) is 0 Å². The standard InChI is InChI=1S/C15H16ClN5O4S.C15H18ClN5O2S.C14H14Cl2N2O2S/c16-11-7-19-12(20-14(17)18)10-6-8(2-3-9(10)11)26(24,25)21-15(13(22)23)4-1-5-15;1-15(5-2-6-15)21-24(22,23)9-3-4-10-11(7-9)13(20-14(17)18)19-8-12(10)16;1-14(5-2-6-14)18-21(19,20)9-3-4-10-11(7-9)13(16)17-8-12(10)15/h2-3,6-7,21H,1,4-5H2,(H,22,23)(H4,17,18,19,20);3-4,7-8,21H,2,5-6H2,1H3,(H4,17,18,19,20);3-4,7-8,18H,2,5-6H2,1H3. The molecule has 0 aliphatic heterocycles. The van der Waals surface area contributed by atoms with Crippen LogP contribution in [0.2, 0.25) is 20.2 Å². The lowest BCUT2D eigenvalue weighted by atomic mass is 9.78. The van der Waals surface area contributed by atoms with Crippen LogP contribution in [0.4, 0.5) is 11.6 Å². The number of rotatable bonds is 12. The third-order valence-corrected chi connectivity index (χ3v) is 18.4. The average Bonchev–Trinajstić information content (AvgIpc) is 3.26. The zero-order chi connectivity index (χ0) is 51.9. The van der Waals surface area contributed by atoms with E-state index in [-0.39, 0.29) is 67.3 Å². The average molecular weight is 1110 g/mol. The van der Waals surface area contributed by atoms with Gasteiger partial charge in [-0.1, -0.05) is 64.6 Å². The number of sulfonamides is 3. The van der Waals surface area contributed by atoms with E-state index in [0.29, 0.717) is 53.8 Å². The summed E-state index contributed by atoms with van der Waals surface area (Å²) >= 11 is 24.3. The second kappa shape index (κ2) is 20.4. The van der Waals surface area contributed by atoms with E-state index in [9.17, 15) is 35.2 Å². The number of fused-ring (bicyclic) bond motifs is 3. The molecular formula is C44H48Cl4N12O8S3. The van der Waals surface area contributed by atoms with Crippen LogP contribution in [0.1, 0.15) is 71.6 Å². The summed E-state index contributed by atoms with van der Waals surface area (Å²) in [6.07, 6.45) is 10.8. The molecule has 6 aromatic rings. The molecule has 71 heavy (non-hydrogen) atoms. The first-order valence-corrected chi connectivity index (χ1v) is 27.6. The van der Waals surface area contributed by atoms with Crippen molar-refractivity contribution in [1.29, 1.82) is 0 Å². The van der Waals surface area contributed by atoms with Crippen molar-refractivity contribution >= 4 is 138 Å². The zero-order valence-corrected chi connectivity index (χ0v) is 43.4. The molecule has 9 rings (SSSR count). The molecule has 0 radical (unpaired) electrons. The van der Waals surface area contributed by atoms with E-state index in [1.54, 1.807) is 12.1 Å².